The number of methoxy groups -OCH3 is 1. The minimum atomic E-state index is -0.478. The number of H-pyrrole nitrogens is 1. The van der Waals surface area contributed by atoms with Crippen molar-refractivity contribution in [2.45, 2.75) is 0 Å². The zero-order chi connectivity index (χ0) is 19.0. The molecule has 0 radical (unpaired) electrons. The third kappa shape index (κ3) is 2.88. The first-order valence-corrected chi connectivity index (χ1v) is 8.58. The van der Waals surface area contributed by atoms with Crippen molar-refractivity contribution < 1.29 is 9.84 Å². The minimum absolute atomic E-state index is 0.0737. The third-order valence-electron chi connectivity index (χ3n) is 4.30. The van der Waals surface area contributed by atoms with E-state index in [-0.39, 0.29) is 16.2 Å². The molecule has 7 heteroatoms. The summed E-state index contributed by atoms with van der Waals surface area (Å²) in [6.07, 6.45) is 3.27. The van der Waals surface area contributed by atoms with Gasteiger partial charge in [0, 0.05) is 17.4 Å². The fraction of sp³-hybridized carbons (Fsp3) is 0.0500. The maximum absolute atomic E-state index is 12.5. The van der Waals surface area contributed by atoms with Crippen LogP contribution in [0.15, 0.2) is 58.3 Å². The van der Waals surface area contributed by atoms with Gasteiger partial charge in [0.15, 0.2) is 4.77 Å². The minimum Gasteiger partial charge on any atom is -0.495 e. The van der Waals surface area contributed by atoms with Crippen LogP contribution < -0.4 is 10.3 Å². The summed E-state index contributed by atoms with van der Waals surface area (Å²) in [6, 6.07) is 14.7. The summed E-state index contributed by atoms with van der Waals surface area (Å²) >= 11 is 5.27. The number of rotatable bonds is 3. The molecular weight excluding hydrogens is 362 g/mol. The predicted molar refractivity (Wildman–Crippen MR) is 108 cm³/mol. The molecule has 0 spiro atoms. The second-order valence-corrected chi connectivity index (χ2v) is 6.27. The molecule has 1 aliphatic rings. The molecule has 0 unspecified atom stereocenters. The molecule has 2 N–H and O–H groups in total. The van der Waals surface area contributed by atoms with E-state index >= 15 is 0 Å². The number of aromatic amines is 1. The van der Waals surface area contributed by atoms with Gasteiger partial charge in [0.1, 0.15) is 11.3 Å². The van der Waals surface area contributed by atoms with Crippen LogP contribution in [0.5, 0.6) is 11.6 Å². The van der Waals surface area contributed by atoms with Crippen LogP contribution in [0.1, 0.15) is 11.1 Å². The number of hydrogen-bond acceptors (Lipinski definition) is 5. The van der Waals surface area contributed by atoms with Gasteiger partial charge in [-0.2, -0.15) is 0 Å². The number of fused-ring (bicyclic) bond motifs is 1. The first kappa shape index (κ1) is 17.0. The molecule has 0 amide bonds. The maximum Gasteiger partial charge on any atom is 0.262 e. The van der Waals surface area contributed by atoms with Crippen LogP contribution in [0.4, 0.5) is 5.69 Å². The van der Waals surface area contributed by atoms with Crippen LogP contribution >= 0.6 is 12.2 Å². The molecule has 3 aromatic rings. The number of aromatic hydroxyl groups is 1. The molecule has 2 aromatic carbocycles. The van der Waals surface area contributed by atoms with Gasteiger partial charge in [-0.25, -0.2) is 0 Å². The molecule has 0 aliphatic carbocycles. The molecule has 1 aliphatic heterocycles. The van der Waals surface area contributed by atoms with Gasteiger partial charge in [0.2, 0.25) is 5.88 Å². The zero-order valence-corrected chi connectivity index (χ0v) is 15.2. The van der Waals surface area contributed by atoms with Crippen LogP contribution in [0, 0.1) is 4.77 Å². The largest absolute Gasteiger partial charge is 0.495 e. The standard InChI is InChI=1S/C20H15N3O3S/c1-26-17-9-5-4-8-16(17)23-19(25)14(18(24)22-20(23)27)10-12-11-21-15-7-3-2-6-13(12)15/h2-11,25H,1H3,(H,22,24,27)/b12-10-. The van der Waals surface area contributed by atoms with Crippen molar-refractivity contribution in [2.75, 3.05) is 7.11 Å². The Kier molecular flexibility index (Phi) is 4.21. The lowest BCUT2D eigenvalue weighted by molar-refractivity contribution is 0.402. The molecule has 2 heterocycles. The van der Waals surface area contributed by atoms with E-state index in [0.717, 1.165) is 16.8 Å². The van der Waals surface area contributed by atoms with Crippen molar-refractivity contribution in [3.8, 4) is 17.3 Å². The van der Waals surface area contributed by atoms with Crippen molar-refractivity contribution in [2.24, 2.45) is 4.99 Å². The second kappa shape index (κ2) is 6.69. The lowest BCUT2D eigenvalue weighted by Crippen LogP contribution is -2.16. The first-order valence-electron chi connectivity index (χ1n) is 8.17. The van der Waals surface area contributed by atoms with Crippen LogP contribution in [0.2, 0.25) is 0 Å². The van der Waals surface area contributed by atoms with Crippen molar-refractivity contribution in [3.63, 3.8) is 0 Å². The Morgan fingerprint density at radius 1 is 1.19 bits per heavy atom. The summed E-state index contributed by atoms with van der Waals surface area (Å²) in [4.78, 5) is 19.4. The Hall–Kier alpha value is -3.45. The van der Waals surface area contributed by atoms with Crippen LogP contribution in [0.25, 0.3) is 17.3 Å². The summed E-state index contributed by atoms with van der Waals surface area (Å²) in [5, 5.41) is 10.9. The topological polar surface area (TPSA) is 79.6 Å². The summed E-state index contributed by atoms with van der Waals surface area (Å²) in [6.45, 7) is 0. The Balaban J connectivity index is 1.95. The molecule has 0 saturated heterocycles. The molecule has 0 bridgehead atoms. The number of nitrogens with one attached hydrogen (secondary N) is 1. The maximum atomic E-state index is 12.5. The Morgan fingerprint density at radius 2 is 1.93 bits per heavy atom. The molecule has 6 nitrogen and oxygen atoms in total. The van der Waals surface area contributed by atoms with Crippen molar-refractivity contribution >= 4 is 35.8 Å². The highest BCUT2D eigenvalue weighted by molar-refractivity contribution is 7.71. The molecule has 0 fully saturated rings. The van der Waals surface area contributed by atoms with Gasteiger partial charge >= 0.3 is 0 Å². The number of nitrogens with zero attached hydrogens (tertiary/aromatic N) is 2. The van der Waals surface area contributed by atoms with E-state index in [1.54, 1.807) is 30.5 Å². The van der Waals surface area contributed by atoms with Gasteiger partial charge in [0.25, 0.3) is 5.56 Å². The molecule has 27 heavy (non-hydrogen) atoms. The number of allylic oxidation sites excluding steroid dienone is 1. The third-order valence-corrected chi connectivity index (χ3v) is 4.59. The fourth-order valence-corrected chi connectivity index (χ4v) is 3.29. The first-order chi connectivity index (χ1) is 13.1. The average molecular weight is 377 g/mol. The summed E-state index contributed by atoms with van der Waals surface area (Å²) in [5.41, 5.74) is 2.58. The summed E-state index contributed by atoms with van der Waals surface area (Å²) in [7, 11) is 1.53. The highest BCUT2D eigenvalue weighted by Gasteiger charge is 2.18. The van der Waals surface area contributed by atoms with Gasteiger partial charge in [-0.3, -0.25) is 19.3 Å². The number of benzene rings is 2. The number of hydrogen-bond donors (Lipinski definition) is 2. The van der Waals surface area contributed by atoms with E-state index in [2.05, 4.69) is 9.98 Å². The highest BCUT2D eigenvalue weighted by Crippen LogP contribution is 2.34. The van der Waals surface area contributed by atoms with E-state index < -0.39 is 5.56 Å². The van der Waals surface area contributed by atoms with E-state index in [9.17, 15) is 9.90 Å². The molecule has 0 saturated carbocycles. The Labute approximate surface area is 159 Å². The van der Waals surface area contributed by atoms with Crippen molar-refractivity contribution in [1.82, 2.24) is 9.55 Å². The van der Waals surface area contributed by atoms with Gasteiger partial charge < -0.3 is 9.84 Å². The molecular formula is C20H15N3O3S. The Bertz CT molecular complexity index is 1220. The molecule has 1 aromatic heterocycles. The van der Waals surface area contributed by atoms with Gasteiger partial charge in [-0.15, -0.1) is 0 Å². The normalized spacial score (nSPS) is 13.7. The van der Waals surface area contributed by atoms with Crippen LogP contribution in [0.3, 0.4) is 0 Å². The number of aromatic nitrogens is 2. The molecule has 134 valence electrons. The van der Waals surface area contributed by atoms with E-state index in [1.807, 2.05) is 30.3 Å². The summed E-state index contributed by atoms with van der Waals surface area (Å²) in [5.74, 6) is 0.251. The number of ether oxygens (including phenoxy) is 1. The van der Waals surface area contributed by atoms with Crippen molar-refractivity contribution in [1.29, 1.82) is 0 Å². The van der Waals surface area contributed by atoms with Gasteiger partial charge in [-0.1, -0.05) is 30.3 Å². The molecule has 4 rings (SSSR count). The predicted octanol–water partition coefficient (Wildman–Crippen LogP) is 3.87. The van der Waals surface area contributed by atoms with Gasteiger partial charge in [-0.05, 0) is 36.5 Å². The number of para-hydroxylation sites is 3. The van der Waals surface area contributed by atoms with Crippen LogP contribution in [-0.2, 0) is 0 Å². The second-order valence-electron chi connectivity index (χ2n) is 5.88. The smallest absolute Gasteiger partial charge is 0.262 e. The quantitative estimate of drug-likeness (QED) is 0.679. The number of aliphatic imine (C=N–C) groups is 1. The van der Waals surface area contributed by atoms with E-state index in [1.165, 1.54) is 11.7 Å². The monoisotopic (exact) mass is 377 g/mol. The Morgan fingerprint density at radius 3 is 2.74 bits per heavy atom. The summed E-state index contributed by atoms with van der Waals surface area (Å²) < 4.78 is 6.80. The SMILES string of the molecule is COc1ccccc1-n1c(O)c(/C=C2/C=Nc3ccccc32)c(=O)[nH]c1=S. The average Bonchev–Trinajstić information content (AvgIpc) is 3.08. The fourth-order valence-electron chi connectivity index (χ4n) is 3.02. The zero-order valence-electron chi connectivity index (χ0n) is 14.3. The van der Waals surface area contributed by atoms with Crippen LogP contribution in [-0.4, -0.2) is 28.0 Å². The lowest BCUT2D eigenvalue weighted by Gasteiger charge is -2.14. The van der Waals surface area contributed by atoms with E-state index in [4.69, 9.17) is 17.0 Å². The lowest BCUT2D eigenvalue weighted by atomic mass is 10.1. The molecule has 0 atom stereocenters. The highest BCUT2D eigenvalue weighted by atomic mass is 32.1. The van der Waals surface area contributed by atoms with Gasteiger partial charge in [0.05, 0.1) is 18.5 Å². The van der Waals surface area contributed by atoms with E-state index in [0.29, 0.717) is 11.4 Å². The van der Waals surface area contributed by atoms with Crippen molar-refractivity contribution in [3.05, 3.63) is 74.8 Å².